The molecule has 0 spiro atoms. The van der Waals surface area contributed by atoms with Crippen molar-refractivity contribution < 1.29 is 13.2 Å². The van der Waals surface area contributed by atoms with Crippen molar-refractivity contribution >= 4 is 21.6 Å². The molecule has 3 N–H and O–H groups in total. The van der Waals surface area contributed by atoms with Crippen LogP contribution < -0.4 is 10.5 Å². The van der Waals surface area contributed by atoms with E-state index in [9.17, 15) is 13.2 Å². The van der Waals surface area contributed by atoms with Gasteiger partial charge in [-0.25, -0.2) is 13.6 Å². The number of carbonyl (C=O) groups is 1. The number of hydrogen-bond acceptors (Lipinski definition) is 3. The van der Waals surface area contributed by atoms with Gasteiger partial charge < -0.3 is 5.32 Å². The Morgan fingerprint density at radius 3 is 2.09 bits per heavy atom. The van der Waals surface area contributed by atoms with Gasteiger partial charge in [-0.15, -0.1) is 0 Å². The summed E-state index contributed by atoms with van der Waals surface area (Å²) in [4.78, 5) is 12.0. The molecular formula is C17H20N2O3S. The predicted molar refractivity (Wildman–Crippen MR) is 90.6 cm³/mol. The highest BCUT2D eigenvalue weighted by Gasteiger charge is 2.08. The quantitative estimate of drug-likeness (QED) is 0.851. The molecule has 0 aliphatic heterocycles. The largest absolute Gasteiger partial charge is 0.326 e. The Morgan fingerprint density at radius 1 is 1.00 bits per heavy atom. The smallest absolute Gasteiger partial charge is 0.238 e. The summed E-state index contributed by atoms with van der Waals surface area (Å²) < 4.78 is 22.3. The summed E-state index contributed by atoms with van der Waals surface area (Å²) in [6.45, 7) is 2.10. The second-order valence-corrected chi connectivity index (χ2v) is 6.85. The third-order valence-electron chi connectivity index (χ3n) is 3.54. The number of benzene rings is 2. The predicted octanol–water partition coefficient (Wildman–Crippen LogP) is 2.47. The van der Waals surface area contributed by atoms with Crippen LogP contribution in [0, 0.1) is 0 Å². The van der Waals surface area contributed by atoms with Crippen LogP contribution in [0.4, 0.5) is 5.69 Å². The number of aryl methyl sites for hydroxylation is 2. The van der Waals surface area contributed by atoms with E-state index in [1.165, 1.54) is 29.8 Å². The third kappa shape index (κ3) is 5.19. The van der Waals surface area contributed by atoms with Crippen LogP contribution >= 0.6 is 0 Å². The molecule has 0 radical (unpaired) electrons. The van der Waals surface area contributed by atoms with Gasteiger partial charge in [0.05, 0.1) is 4.90 Å². The Labute approximate surface area is 136 Å². The molecule has 2 aromatic rings. The number of sulfonamides is 1. The lowest BCUT2D eigenvalue weighted by Gasteiger charge is -2.06. The van der Waals surface area contributed by atoms with Gasteiger partial charge in [0.15, 0.2) is 0 Å². The number of nitrogens with two attached hydrogens (primary N) is 1. The molecule has 122 valence electrons. The van der Waals surface area contributed by atoms with Crippen LogP contribution in [-0.4, -0.2) is 14.3 Å². The average Bonchev–Trinajstić information content (AvgIpc) is 2.53. The topological polar surface area (TPSA) is 89.3 Å². The van der Waals surface area contributed by atoms with Gasteiger partial charge in [0, 0.05) is 12.1 Å². The maximum absolute atomic E-state index is 11.9. The summed E-state index contributed by atoms with van der Waals surface area (Å²) in [6.07, 6.45) is 2.02. The summed E-state index contributed by atoms with van der Waals surface area (Å²) >= 11 is 0. The van der Waals surface area contributed by atoms with E-state index in [0.717, 1.165) is 12.0 Å². The number of primary sulfonamides is 1. The van der Waals surface area contributed by atoms with Crippen LogP contribution in [0.25, 0.3) is 0 Å². The number of rotatable bonds is 6. The van der Waals surface area contributed by atoms with Gasteiger partial charge in [-0.05, 0) is 48.2 Å². The van der Waals surface area contributed by atoms with Gasteiger partial charge in [-0.1, -0.05) is 31.2 Å². The minimum atomic E-state index is -3.71. The monoisotopic (exact) mass is 332 g/mol. The molecule has 0 saturated carbocycles. The lowest BCUT2D eigenvalue weighted by Crippen LogP contribution is -2.14. The number of amides is 1. The Morgan fingerprint density at radius 2 is 1.57 bits per heavy atom. The lowest BCUT2D eigenvalue weighted by atomic mass is 10.1. The molecule has 0 bridgehead atoms. The Bertz CT molecular complexity index is 766. The molecule has 23 heavy (non-hydrogen) atoms. The molecule has 2 rings (SSSR count). The molecular weight excluding hydrogens is 312 g/mol. The van der Waals surface area contributed by atoms with Gasteiger partial charge in [0.25, 0.3) is 0 Å². The molecule has 1 amide bonds. The molecule has 0 unspecified atom stereocenters. The molecule has 5 nitrogen and oxygen atoms in total. The second-order valence-electron chi connectivity index (χ2n) is 5.29. The second kappa shape index (κ2) is 7.39. The van der Waals surface area contributed by atoms with Crippen molar-refractivity contribution in [2.24, 2.45) is 5.14 Å². The Kier molecular flexibility index (Phi) is 5.52. The zero-order valence-electron chi connectivity index (χ0n) is 13.0. The molecule has 0 aliphatic carbocycles. The first-order valence-electron chi connectivity index (χ1n) is 7.39. The molecule has 0 atom stereocenters. The number of carbonyl (C=O) groups excluding carboxylic acids is 1. The average molecular weight is 332 g/mol. The van der Waals surface area contributed by atoms with E-state index in [4.69, 9.17) is 5.14 Å². The number of hydrogen-bond donors (Lipinski definition) is 2. The van der Waals surface area contributed by atoms with Crippen molar-refractivity contribution in [1.82, 2.24) is 0 Å². The first-order valence-corrected chi connectivity index (χ1v) is 8.93. The highest BCUT2D eigenvalue weighted by Crippen LogP contribution is 2.13. The van der Waals surface area contributed by atoms with Crippen LogP contribution in [0.15, 0.2) is 53.4 Å². The summed E-state index contributed by atoms with van der Waals surface area (Å²) in [5.74, 6) is -0.118. The third-order valence-corrected chi connectivity index (χ3v) is 4.47. The normalized spacial score (nSPS) is 11.2. The van der Waals surface area contributed by atoms with Crippen molar-refractivity contribution in [3.8, 4) is 0 Å². The molecule has 0 aromatic heterocycles. The van der Waals surface area contributed by atoms with Crippen LogP contribution in [0.3, 0.4) is 0 Å². The van der Waals surface area contributed by atoms with Crippen LogP contribution in [0.5, 0.6) is 0 Å². The van der Waals surface area contributed by atoms with E-state index in [1.807, 2.05) is 12.1 Å². The first kappa shape index (κ1) is 17.2. The highest BCUT2D eigenvalue weighted by molar-refractivity contribution is 7.89. The van der Waals surface area contributed by atoms with Crippen LogP contribution in [-0.2, 0) is 27.7 Å². The van der Waals surface area contributed by atoms with Gasteiger partial charge in [0.2, 0.25) is 15.9 Å². The summed E-state index contributed by atoms with van der Waals surface area (Å²) in [7, 11) is -3.71. The van der Waals surface area contributed by atoms with Crippen molar-refractivity contribution in [2.45, 2.75) is 31.1 Å². The maximum Gasteiger partial charge on any atom is 0.238 e. The van der Waals surface area contributed by atoms with Gasteiger partial charge in [-0.2, -0.15) is 0 Å². The molecule has 2 aromatic carbocycles. The molecule has 0 heterocycles. The minimum Gasteiger partial charge on any atom is -0.326 e. The van der Waals surface area contributed by atoms with Crippen LogP contribution in [0.1, 0.15) is 24.5 Å². The summed E-state index contributed by atoms with van der Waals surface area (Å²) in [6, 6.07) is 14.0. The molecule has 0 aliphatic rings. The Balaban J connectivity index is 1.89. The first-order chi connectivity index (χ1) is 10.9. The van der Waals surface area contributed by atoms with Gasteiger partial charge in [0.1, 0.15) is 0 Å². The van der Waals surface area contributed by atoms with E-state index >= 15 is 0 Å². The number of nitrogens with one attached hydrogen (secondary N) is 1. The molecule has 0 saturated heterocycles. The van der Waals surface area contributed by atoms with E-state index in [-0.39, 0.29) is 10.8 Å². The summed E-state index contributed by atoms with van der Waals surface area (Å²) in [5, 5.41) is 7.76. The van der Waals surface area contributed by atoms with E-state index in [0.29, 0.717) is 18.5 Å². The zero-order chi connectivity index (χ0) is 16.9. The molecule has 6 heteroatoms. The fourth-order valence-electron chi connectivity index (χ4n) is 2.15. The van der Waals surface area contributed by atoms with Gasteiger partial charge in [-0.3, -0.25) is 4.79 Å². The van der Waals surface area contributed by atoms with Crippen molar-refractivity contribution in [3.05, 3.63) is 59.7 Å². The van der Waals surface area contributed by atoms with Crippen LogP contribution in [0.2, 0.25) is 0 Å². The van der Waals surface area contributed by atoms with E-state index in [2.05, 4.69) is 24.4 Å². The van der Waals surface area contributed by atoms with Gasteiger partial charge >= 0.3 is 0 Å². The van der Waals surface area contributed by atoms with Crippen molar-refractivity contribution in [3.63, 3.8) is 0 Å². The minimum absolute atomic E-state index is 0.0199. The highest BCUT2D eigenvalue weighted by atomic mass is 32.2. The SMILES string of the molecule is CCc1ccc(CCC(=O)Nc2ccc(S(N)(=O)=O)cc2)cc1. The summed E-state index contributed by atoms with van der Waals surface area (Å²) in [5.41, 5.74) is 2.93. The fourth-order valence-corrected chi connectivity index (χ4v) is 2.67. The Hall–Kier alpha value is -2.18. The van der Waals surface area contributed by atoms with E-state index in [1.54, 1.807) is 0 Å². The van der Waals surface area contributed by atoms with E-state index < -0.39 is 10.0 Å². The number of anilines is 1. The lowest BCUT2D eigenvalue weighted by molar-refractivity contribution is -0.116. The fraction of sp³-hybridized carbons (Fsp3) is 0.235. The standard InChI is InChI=1S/C17H20N2O3S/c1-2-13-3-5-14(6-4-13)7-12-17(20)19-15-8-10-16(11-9-15)23(18,21)22/h3-6,8-11H,2,7,12H2,1H3,(H,19,20)(H2,18,21,22). The zero-order valence-corrected chi connectivity index (χ0v) is 13.8. The maximum atomic E-state index is 11.9. The van der Waals surface area contributed by atoms with Crippen molar-refractivity contribution in [1.29, 1.82) is 0 Å². The van der Waals surface area contributed by atoms with Crippen molar-refractivity contribution in [2.75, 3.05) is 5.32 Å². The molecule has 0 fully saturated rings.